The Morgan fingerprint density at radius 2 is 2.25 bits per heavy atom. The molecule has 16 heavy (non-hydrogen) atoms. The second kappa shape index (κ2) is 4.55. The summed E-state index contributed by atoms with van der Waals surface area (Å²) in [7, 11) is 1.97. The van der Waals surface area contributed by atoms with Gasteiger partial charge in [-0.05, 0) is 54.5 Å². The Morgan fingerprint density at radius 3 is 2.88 bits per heavy atom. The molecular formula is C12H16BrN3. The highest BCUT2D eigenvalue weighted by Crippen LogP contribution is 2.26. The third kappa shape index (κ3) is 1.87. The zero-order chi connectivity index (χ0) is 11.7. The van der Waals surface area contributed by atoms with Crippen LogP contribution in [-0.4, -0.2) is 16.8 Å². The van der Waals surface area contributed by atoms with Crippen molar-refractivity contribution in [3.63, 3.8) is 0 Å². The number of nitrogens with one attached hydrogen (secondary N) is 1. The van der Waals surface area contributed by atoms with Crippen molar-refractivity contribution in [2.75, 3.05) is 7.05 Å². The van der Waals surface area contributed by atoms with Crippen molar-refractivity contribution in [3.8, 4) is 0 Å². The van der Waals surface area contributed by atoms with Crippen LogP contribution >= 0.6 is 15.9 Å². The number of benzene rings is 1. The van der Waals surface area contributed by atoms with E-state index < -0.39 is 0 Å². The van der Waals surface area contributed by atoms with Crippen LogP contribution in [0.3, 0.4) is 0 Å². The smallest absolute Gasteiger partial charge is 0.136 e. The van der Waals surface area contributed by atoms with E-state index >= 15 is 0 Å². The molecule has 86 valence electrons. The fraction of sp³-hybridized carbons (Fsp3) is 0.417. The Bertz CT molecular complexity index is 504. The minimum atomic E-state index is 0.362. The van der Waals surface area contributed by atoms with Crippen molar-refractivity contribution in [3.05, 3.63) is 28.4 Å². The summed E-state index contributed by atoms with van der Waals surface area (Å²) in [5.41, 5.74) is 2.47. The molecule has 0 amide bonds. The van der Waals surface area contributed by atoms with Crippen molar-refractivity contribution in [1.82, 2.24) is 15.1 Å². The first-order chi connectivity index (χ1) is 7.67. The molecule has 2 rings (SSSR count). The van der Waals surface area contributed by atoms with Crippen molar-refractivity contribution in [2.45, 2.75) is 26.4 Å². The Kier molecular flexibility index (Phi) is 3.30. The summed E-state index contributed by atoms with van der Waals surface area (Å²) < 4.78 is 2.93. The van der Waals surface area contributed by atoms with Gasteiger partial charge in [0.05, 0.1) is 5.52 Å². The monoisotopic (exact) mass is 281 g/mol. The van der Waals surface area contributed by atoms with E-state index in [2.05, 4.69) is 58.4 Å². The second-order valence-electron chi connectivity index (χ2n) is 3.89. The Balaban J connectivity index is 2.58. The average molecular weight is 282 g/mol. The molecule has 0 bridgehead atoms. The Hall–Kier alpha value is -0.870. The van der Waals surface area contributed by atoms with Gasteiger partial charge in [0.1, 0.15) is 4.60 Å². The SMILES string of the molecule is CCn1nc(Br)c2cc(C(C)NC)ccc21. The lowest BCUT2D eigenvalue weighted by molar-refractivity contribution is 0.652. The molecule has 1 atom stereocenters. The van der Waals surface area contributed by atoms with Crippen LogP contribution in [0.5, 0.6) is 0 Å². The van der Waals surface area contributed by atoms with E-state index in [0.29, 0.717) is 6.04 Å². The summed E-state index contributed by atoms with van der Waals surface area (Å²) in [4.78, 5) is 0. The van der Waals surface area contributed by atoms with E-state index in [1.807, 2.05) is 11.7 Å². The van der Waals surface area contributed by atoms with Crippen LogP contribution < -0.4 is 5.32 Å². The zero-order valence-electron chi connectivity index (χ0n) is 9.79. The molecule has 0 radical (unpaired) electrons. The summed E-state index contributed by atoms with van der Waals surface area (Å²) in [6.45, 7) is 5.14. The summed E-state index contributed by atoms with van der Waals surface area (Å²) in [5.74, 6) is 0. The highest BCUT2D eigenvalue weighted by atomic mass is 79.9. The Morgan fingerprint density at radius 1 is 1.50 bits per heavy atom. The maximum atomic E-state index is 4.45. The molecular weight excluding hydrogens is 266 g/mol. The van der Waals surface area contributed by atoms with Gasteiger partial charge < -0.3 is 5.32 Å². The van der Waals surface area contributed by atoms with Crippen LogP contribution in [0.2, 0.25) is 0 Å². The van der Waals surface area contributed by atoms with E-state index in [1.54, 1.807) is 0 Å². The molecule has 0 aliphatic carbocycles. The van der Waals surface area contributed by atoms with Gasteiger partial charge in [0.2, 0.25) is 0 Å². The van der Waals surface area contributed by atoms with Crippen molar-refractivity contribution >= 4 is 26.8 Å². The molecule has 0 aliphatic rings. The number of halogens is 1. The number of aromatic nitrogens is 2. The van der Waals surface area contributed by atoms with E-state index in [4.69, 9.17) is 0 Å². The topological polar surface area (TPSA) is 29.9 Å². The van der Waals surface area contributed by atoms with Crippen molar-refractivity contribution in [2.24, 2.45) is 0 Å². The van der Waals surface area contributed by atoms with Crippen LogP contribution in [0.4, 0.5) is 0 Å². The third-order valence-corrected chi connectivity index (χ3v) is 3.55. The maximum absolute atomic E-state index is 4.45. The fourth-order valence-electron chi connectivity index (χ4n) is 1.83. The van der Waals surface area contributed by atoms with Gasteiger partial charge in [-0.3, -0.25) is 4.68 Å². The predicted molar refractivity (Wildman–Crippen MR) is 70.6 cm³/mol. The van der Waals surface area contributed by atoms with Gasteiger partial charge in [-0.2, -0.15) is 5.10 Å². The highest BCUT2D eigenvalue weighted by molar-refractivity contribution is 9.10. The maximum Gasteiger partial charge on any atom is 0.136 e. The molecule has 1 aromatic heterocycles. The van der Waals surface area contributed by atoms with Gasteiger partial charge in [0.15, 0.2) is 0 Å². The van der Waals surface area contributed by atoms with Crippen LogP contribution in [-0.2, 0) is 6.54 Å². The first-order valence-electron chi connectivity index (χ1n) is 5.50. The van der Waals surface area contributed by atoms with E-state index in [0.717, 1.165) is 11.1 Å². The quantitative estimate of drug-likeness (QED) is 0.937. The lowest BCUT2D eigenvalue weighted by Crippen LogP contribution is -2.11. The molecule has 2 aromatic rings. The summed E-state index contributed by atoms with van der Waals surface area (Å²) in [5, 5.41) is 8.87. The molecule has 1 unspecified atom stereocenters. The molecule has 1 N–H and O–H groups in total. The highest BCUT2D eigenvalue weighted by Gasteiger charge is 2.10. The third-order valence-electron chi connectivity index (χ3n) is 2.96. The van der Waals surface area contributed by atoms with Crippen LogP contribution in [0.25, 0.3) is 10.9 Å². The van der Waals surface area contributed by atoms with E-state index in [1.165, 1.54) is 16.5 Å². The molecule has 3 nitrogen and oxygen atoms in total. The minimum Gasteiger partial charge on any atom is -0.313 e. The zero-order valence-corrected chi connectivity index (χ0v) is 11.4. The number of aryl methyl sites for hydroxylation is 1. The lowest BCUT2D eigenvalue weighted by atomic mass is 10.1. The molecule has 0 spiro atoms. The number of hydrogen-bond donors (Lipinski definition) is 1. The second-order valence-corrected chi connectivity index (χ2v) is 4.64. The van der Waals surface area contributed by atoms with Crippen LogP contribution in [0, 0.1) is 0 Å². The van der Waals surface area contributed by atoms with E-state index in [-0.39, 0.29) is 0 Å². The van der Waals surface area contributed by atoms with Crippen molar-refractivity contribution < 1.29 is 0 Å². The number of fused-ring (bicyclic) bond motifs is 1. The molecule has 0 fully saturated rings. The summed E-state index contributed by atoms with van der Waals surface area (Å²) >= 11 is 3.51. The number of nitrogens with zero attached hydrogens (tertiary/aromatic N) is 2. The van der Waals surface area contributed by atoms with Gasteiger partial charge in [-0.15, -0.1) is 0 Å². The number of hydrogen-bond acceptors (Lipinski definition) is 2. The Labute approximate surface area is 104 Å². The molecule has 1 aromatic carbocycles. The van der Waals surface area contributed by atoms with Gasteiger partial charge in [0.25, 0.3) is 0 Å². The summed E-state index contributed by atoms with van der Waals surface area (Å²) in [6, 6.07) is 6.85. The molecule has 0 saturated heterocycles. The number of rotatable bonds is 3. The minimum absolute atomic E-state index is 0.362. The molecule has 0 saturated carbocycles. The average Bonchev–Trinajstić information content (AvgIpc) is 2.64. The van der Waals surface area contributed by atoms with Crippen LogP contribution in [0.1, 0.15) is 25.5 Å². The van der Waals surface area contributed by atoms with Gasteiger partial charge in [-0.25, -0.2) is 0 Å². The van der Waals surface area contributed by atoms with E-state index in [9.17, 15) is 0 Å². The first kappa shape index (κ1) is 11.6. The van der Waals surface area contributed by atoms with Gasteiger partial charge >= 0.3 is 0 Å². The fourth-order valence-corrected chi connectivity index (χ4v) is 2.34. The van der Waals surface area contributed by atoms with Gasteiger partial charge in [0, 0.05) is 18.0 Å². The molecule has 1 heterocycles. The lowest BCUT2D eigenvalue weighted by Gasteiger charge is -2.10. The summed E-state index contributed by atoms with van der Waals surface area (Å²) in [6.07, 6.45) is 0. The van der Waals surface area contributed by atoms with Crippen molar-refractivity contribution in [1.29, 1.82) is 0 Å². The standard InChI is InChI=1S/C12H16BrN3/c1-4-16-11-6-5-9(8(2)14-3)7-10(11)12(13)15-16/h5-8,14H,4H2,1-3H3. The first-order valence-corrected chi connectivity index (χ1v) is 6.30. The largest absolute Gasteiger partial charge is 0.313 e. The van der Waals surface area contributed by atoms with Gasteiger partial charge in [-0.1, -0.05) is 6.07 Å². The van der Waals surface area contributed by atoms with Crippen LogP contribution in [0.15, 0.2) is 22.8 Å². The molecule has 4 heteroatoms. The predicted octanol–water partition coefficient (Wildman–Crippen LogP) is 3.10. The normalized spacial score (nSPS) is 13.2. The molecule has 0 aliphatic heterocycles.